The van der Waals surface area contributed by atoms with Crippen LogP contribution in [0.5, 0.6) is 5.75 Å². The van der Waals surface area contributed by atoms with E-state index < -0.39 is 29.8 Å². The normalized spacial score (nSPS) is 14.0. The van der Waals surface area contributed by atoms with Crippen LogP contribution in [0.4, 0.5) is 13.2 Å². The van der Waals surface area contributed by atoms with Gasteiger partial charge in [0.15, 0.2) is 0 Å². The summed E-state index contributed by atoms with van der Waals surface area (Å²) in [6, 6.07) is 7.41. The van der Waals surface area contributed by atoms with Crippen LogP contribution >= 0.6 is 11.6 Å². The number of nitrogens with zero attached hydrogens (tertiary/aromatic N) is 2. The van der Waals surface area contributed by atoms with Crippen LogP contribution in [-0.2, 0) is 17.5 Å². The quantitative estimate of drug-likeness (QED) is 0.706. The maximum Gasteiger partial charge on any atom is 0.421 e. The summed E-state index contributed by atoms with van der Waals surface area (Å²) in [4.78, 5) is 24.1. The minimum absolute atomic E-state index is 0.0937. The molecule has 0 spiro atoms. The molecular formula is C18H17ClF3N3O3. The summed E-state index contributed by atoms with van der Waals surface area (Å²) in [7, 11) is 0. The molecule has 0 unspecified atom stereocenters. The van der Waals surface area contributed by atoms with Crippen LogP contribution in [0.25, 0.3) is 0 Å². The van der Waals surface area contributed by atoms with Crippen LogP contribution < -0.4 is 15.6 Å². The van der Waals surface area contributed by atoms with Gasteiger partial charge in [-0.1, -0.05) is 11.6 Å². The van der Waals surface area contributed by atoms with Gasteiger partial charge in [-0.25, -0.2) is 4.68 Å². The molecule has 1 N–H and O–H groups in total. The van der Waals surface area contributed by atoms with Crippen molar-refractivity contribution in [2.24, 2.45) is 0 Å². The molecule has 0 saturated heterocycles. The van der Waals surface area contributed by atoms with Crippen LogP contribution in [-0.4, -0.2) is 28.8 Å². The molecule has 0 bridgehead atoms. The van der Waals surface area contributed by atoms with Crippen molar-refractivity contribution in [2.45, 2.75) is 31.5 Å². The molecule has 6 nitrogen and oxygen atoms in total. The van der Waals surface area contributed by atoms with E-state index >= 15 is 0 Å². The smallest absolute Gasteiger partial charge is 0.421 e. The third-order valence-corrected chi connectivity index (χ3v) is 4.35. The number of aromatic nitrogens is 2. The molecular weight excluding hydrogens is 399 g/mol. The summed E-state index contributed by atoms with van der Waals surface area (Å²) in [6.45, 7) is -0.334. The summed E-state index contributed by atoms with van der Waals surface area (Å²) in [6.07, 6.45) is -3.36. The van der Waals surface area contributed by atoms with Crippen LogP contribution in [0.2, 0.25) is 5.02 Å². The highest BCUT2D eigenvalue weighted by atomic mass is 35.5. The number of carbonyl (C=O) groups is 1. The van der Waals surface area contributed by atoms with Crippen molar-refractivity contribution in [1.29, 1.82) is 0 Å². The highest BCUT2D eigenvalue weighted by molar-refractivity contribution is 6.30. The van der Waals surface area contributed by atoms with Gasteiger partial charge in [-0.2, -0.15) is 18.3 Å². The van der Waals surface area contributed by atoms with Crippen molar-refractivity contribution in [3.63, 3.8) is 0 Å². The topological polar surface area (TPSA) is 73.2 Å². The standard InChI is InChI=1S/C18H17ClF3N3O3/c19-12-3-5-13(6-4-12)28-8-7-23-16(26)10-25-17(27)14(18(20,21)22)9-15(24-25)11-1-2-11/h3-6,9,11H,1-2,7-8,10H2,(H,23,26). The molecule has 10 heteroatoms. The van der Waals surface area contributed by atoms with E-state index in [1.807, 2.05) is 0 Å². The maximum atomic E-state index is 13.1. The third kappa shape index (κ3) is 5.25. The second-order valence-corrected chi connectivity index (χ2v) is 6.81. The number of amides is 1. The Morgan fingerprint density at radius 3 is 2.57 bits per heavy atom. The molecule has 28 heavy (non-hydrogen) atoms. The first kappa shape index (κ1) is 20.2. The van der Waals surface area contributed by atoms with Crippen molar-refractivity contribution in [3.8, 4) is 5.75 Å². The first-order chi connectivity index (χ1) is 13.2. The lowest BCUT2D eigenvalue weighted by molar-refractivity contribution is -0.139. The molecule has 1 aliphatic rings. The van der Waals surface area contributed by atoms with Crippen molar-refractivity contribution in [2.75, 3.05) is 13.2 Å². The van der Waals surface area contributed by atoms with Gasteiger partial charge in [0.2, 0.25) is 5.91 Å². The van der Waals surface area contributed by atoms with Gasteiger partial charge in [0.05, 0.1) is 12.2 Å². The molecule has 2 aromatic rings. The molecule has 0 atom stereocenters. The van der Waals surface area contributed by atoms with Gasteiger partial charge >= 0.3 is 6.18 Å². The summed E-state index contributed by atoms with van der Waals surface area (Å²) in [5.74, 6) is -0.164. The lowest BCUT2D eigenvalue weighted by Gasteiger charge is -2.12. The number of halogens is 4. The first-order valence-corrected chi connectivity index (χ1v) is 8.96. The van der Waals surface area contributed by atoms with Gasteiger partial charge in [0, 0.05) is 10.9 Å². The van der Waals surface area contributed by atoms with Gasteiger partial charge in [0.25, 0.3) is 5.56 Å². The van der Waals surface area contributed by atoms with E-state index in [1.165, 1.54) is 0 Å². The molecule has 1 aliphatic carbocycles. The molecule has 1 amide bonds. The fourth-order valence-corrected chi connectivity index (χ4v) is 2.66. The molecule has 150 valence electrons. The predicted octanol–water partition coefficient (Wildman–Crippen LogP) is 2.99. The van der Waals surface area contributed by atoms with Crippen molar-refractivity contribution < 1.29 is 22.7 Å². The van der Waals surface area contributed by atoms with Gasteiger partial charge in [-0.15, -0.1) is 0 Å². The molecule has 1 aromatic carbocycles. The van der Waals surface area contributed by atoms with Crippen LogP contribution in [0.1, 0.15) is 30.0 Å². The highest BCUT2D eigenvalue weighted by Crippen LogP contribution is 2.40. The van der Waals surface area contributed by atoms with E-state index in [1.54, 1.807) is 24.3 Å². The molecule has 1 aromatic heterocycles. The van der Waals surface area contributed by atoms with E-state index in [9.17, 15) is 22.8 Å². The van der Waals surface area contributed by atoms with E-state index in [4.69, 9.17) is 16.3 Å². The Labute approximate surface area is 163 Å². The minimum Gasteiger partial charge on any atom is -0.492 e. The van der Waals surface area contributed by atoms with Gasteiger partial charge in [-0.05, 0) is 43.2 Å². The Morgan fingerprint density at radius 1 is 1.29 bits per heavy atom. The molecule has 0 aliphatic heterocycles. The number of hydrogen-bond acceptors (Lipinski definition) is 4. The monoisotopic (exact) mass is 415 g/mol. The Hall–Kier alpha value is -2.55. The Kier molecular flexibility index (Phi) is 5.93. The third-order valence-electron chi connectivity index (χ3n) is 4.09. The molecule has 1 saturated carbocycles. The van der Waals surface area contributed by atoms with Crippen LogP contribution in [0, 0.1) is 0 Å². The average Bonchev–Trinajstić information content (AvgIpc) is 3.46. The van der Waals surface area contributed by atoms with Crippen molar-refractivity contribution in [1.82, 2.24) is 15.1 Å². The van der Waals surface area contributed by atoms with Gasteiger partial charge < -0.3 is 10.1 Å². The SMILES string of the molecule is O=C(Cn1nc(C2CC2)cc(C(F)(F)F)c1=O)NCCOc1ccc(Cl)cc1. The zero-order valence-electron chi connectivity index (χ0n) is 14.6. The van der Waals surface area contributed by atoms with E-state index in [0.29, 0.717) is 15.5 Å². The molecule has 0 radical (unpaired) electrons. The number of ether oxygens (including phenoxy) is 1. The number of hydrogen-bond donors (Lipinski definition) is 1. The fourth-order valence-electron chi connectivity index (χ4n) is 2.53. The number of nitrogens with one attached hydrogen (secondary N) is 1. The largest absolute Gasteiger partial charge is 0.492 e. The lowest BCUT2D eigenvalue weighted by atomic mass is 10.2. The Balaban J connectivity index is 1.59. The van der Waals surface area contributed by atoms with Crippen LogP contribution in [0.3, 0.4) is 0 Å². The number of benzene rings is 1. The fraction of sp³-hybridized carbons (Fsp3) is 0.389. The zero-order chi connectivity index (χ0) is 20.3. The Bertz CT molecular complexity index is 909. The summed E-state index contributed by atoms with van der Waals surface area (Å²) in [5.41, 5.74) is -2.45. The van der Waals surface area contributed by atoms with Gasteiger partial charge in [0.1, 0.15) is 24.5 Å². The van der Waals surface area contributed by atoms with E-state index in [-0.39, 0.29) is 24.8 Å². The Morgan fingerprint density at radius 2 is 1.96 bits per heavy atom. The maximum absolute atomic E-state index is 13.1. The molecule has 1 fully saturated rings. The summed E-state index contributed by atoms with van der Waals surface area (Å²) in [5, 5.41) is 6.98. The van der Waals surface area contributed by atoms with Crippen LogP contribution in [0.15, 0.2) is 35.1 Å². The second kappa shape index (κ2) is 8.22. The predicted molar refractivity (Wildman–Crippen MR) is 95.4 cm³/mol. The van der Waals surface area contributed by atoms with Crippen molar-refractivity contribution >= 4 is 17.5 Å². The van der Waals surface area contributed by atoms with E-state index in [2.05, 4.69) is 10.4 Å². The first-order valence-electron chi connectivity index (χ1n) is 8.58. The average molecular weight is 416 g/mol. The number of alkyl halides is 3. The molecule has 1 heterocycles. The second-order valence-electron chi connectivity index (χ2n) is 6.37. The highest BCUT2D eigenvalue weighted by Gasteiger charge is 2.37. The number of carbonyl (C=O) groups excluding carboxylic acids is 1. The molecule has 3 rings (SSSR count). The zero-order valence-corrected chi connectivity index (χ0v) is 15.4. The summed E-state index contributed by atoms with van der Waals surface area (Å²) < 4.78 is 45.3. The summed E-state index contributed by atoms with van der Waals surface area (Å²) >= 11 is 5.76. The lowest BCUT2D eigenvalue weighted by Crippen LogP contribution is -2.38. The van der Waals surface area contributed by atoms with Gasteiger partial charge in [-0.3, -0.25) is 9.59 Å². The van der Waals surface area contributed by atoms with Crippen molar-refractivity contribution in [3.05, 3.63) is 57.0 Å². The number of rotatable bonds is 7. The minimum atomic E-state index is -4.80. The van der Waals surface area contributed by atoms with E-state index in [0.717, 1.165) is 18.9 Å².